The number of hydrogen-bond donors (Lipinski definition) is 2. The number of carboxylic acid groups (broad SMARTS) is 1. The van der Waals surface area contributed by atoms with Crippen LogP contribution in [-0.4, -0.2) is 61.4 Å². The topological polar surface area (TPSA) is 99.8 Å². The molecule has 4 rings (SSSR count). The highest BCUT2D eigenvalue weighted by Gasteiger charge is 2.38. The zero-order valence-electron chi connectivity index (χ0n) is 13.8. The number of carbonyl (C=O) groups is 2. The first kappa shape index (κ1) is 16.0. The molecule has 2 N–H and O–H groups in total. The maximum atomic E-state index is 12.5. The van der Waals surface area contributed by atoms with E-state index >= 15 is 0 Å². The molecule has 2 aliphatic rings. The molecule has 2 aromatic rings. The number of rotatable bonds is 7. The second-order valence-electron chi connectivity index (χ2n) is 7.00. The Morgan fingerprint density at radius 3 is 2.64 bits per heavy atom. The zero-order valence-corrected chi connectivity index (χ0v) is 13.8. The summed E-state index contributed by atoms with van der Waals surface area (Å²) in [7, 11) is 0. The van der Waals surface area contributed by atoms with E-state index in [2.05, 4.69) is 20.2 Å². The number of amides is 1. The predicted molar refractivity (Wildman–Crippen MR) is 89.2 cm³/mol. The molecule has 0 aliphatic heterocycles. The Kier molecular flexibility index (Phi) is 4.12. The lowest BCUT2D eigenvalue weighted by atomic mass is 9.85. The molecule has 8 heteroatoms. The monoisotopic (exact) mass is 343 g/mol. The summed E-state index contributed by atoms with van der Waals surface area (Å²) in [5.74, 6) is -0.370. The normalized spacial score (nSPS) is 22.8. The third-order valence-corrected chi connectivity index (χ3v) is 5.02. The van der Waals surface area contributed by atoms with Gasteiger partial charge in [0.25, 0.3) is 5.91 Å². The van der Waals surface area contributed by atoms with Gasteiger partial charge in [-0.05, 0) is 31.6 Å². The Hall–Kier alpha value is -2.48. The summed E-state index contributed by atoms with van der Waals surface area (Å²) in [5, 5.41) is 12.1. The number of hydrogen-bond acceptors (Lipinski definition) is 5. The molecule has 2 aromatic heterocycles. The highest BCUT2D eigenvalue weighted by molar-refractivity contribution is 5.97. The van der Waals surface area contributed by atoms with E-state index in [9.17, 15) is 9.59 Å². The predicted octanol–water partition coefficient (Wildman–Crippen LogP) is 0.787. The van der Waals surface area contributed by atoms with Gasteiger partial charge in [0.2, 0.25) is 0 Å². The van der Waals surface area contributed by atoms with E-state index in [4.69, 9.17) is 5.11 Å². The van der Waals surface area contributed by atoms with Crippen LogP contribution in [0.5, 0.6) is 0 Å². The number of carbonyl (C=O) groups excluding carboxylic acids is 1. The van der Waals surface area contributed by atoms with E-state index in [1.807, 2.05) is 0 Å². The molecule has 0 saturated heterocycles. The van der Waals surface area contributed by atoms with Crippen molar-refractivity contribution in [2.45, 2.75) is 37.8 Å². The van der Waals surface area contributed by atoms with Gasteiger partial charge in [0, 0.05) is 43.4 Å². The summed E-state index contributed by atoms with van der Waals surface area (Å²) in [6, 6.07) is 0.294. The molecule has 2 saturated carbocycles. The van der Waals surface area contributed by atoms with E-state index in [1.54, 1.807) is 29.2 Å². The summed E-state index contributed by atoms with van der Waals surface area (Å²) >= 11 is 0. The first-order valence-electron chi connectivity index (χ1n) is 8.64. The first-order valence-corrected chi connectivity index (χ1v) is 8.64. The van der Waals surface area contributed by atoms with Crippen molar-refractivity contribution < 1.29 is 14.7 Å². The van der Waals surface area contributed by atoms with Crippen molar-refractivity contribution in [2.75, 3.05) is 13.1 Å². The number of carboxylic acids is 1. The van der Waals surface area contributed by atoms with Crippen LogP contribution in [0.2, 0.25) is 0 Å². The van der Waals surface area contributed by atoms with Crippen LogP contribution in [0.1, 0.15) is 36.2 Å². The highest BCUT2D eigenvalue weighted by atomic mass is 16.4. The Labute approximate surface area is 144 Å². The van der Waals surface area contributed by atoms with Gasteiger partial charge in [-0.3, -0.25) is 14.5 Å². The van der Waals surface area contributed by atoms with Crippen molar-refractivity contribution in [3.8, 4) is 0 Å². The minimum atomic E-state index is -0.789. The fourth-order valence-electron chi connectivity index (χ4n) is 3.42. The van der Waals surface area contributed by atoms with Gasteiger partial charge in [-0.1, -0.05) is 0 Å². The minimum Gasteiger partial charge on any atom is -0.480 e. The molecule has 0 spiro atoms. The van der Waals surface area contributed by atoms with E-state index in [0.717, 1.165) is 19.4 Å². The molecule has 0 radical (unpaired) electrons. The van der Waals surface area contributed by atoms with Crippen molar-refractivity contribution in [1.29, 1.82) is 0 Å². The average Bonchev–Trinajstić information content (AvgIpc) is 3.21. The van der Waals surface area contributed by atoms with E-state index in [1.165, 1.54) is 12.8 Å². The Morgan fingerprint density at radius 1 is 1.24 bits per heavy atom. The highest BCUT2D eigenvalue weighted by Crippen LogP contribution is 2.33. The molecule has 1 amide bonds. The maximum absolute atomic E-state index is 12.5. The second-order valence-corrected chi connectivity index (χ2v) is 7.00. The van der Waals surface area contributed by atoms with Crippen molar-refractivity contribution in [1.82, 2.24) is 24.6 Å². The standard InChI is InChI=1S/C17H21N5O3/c23-14(24)10-22(9-11-1-2-11)13-7-12(8-13)20-17(25)15-16-19-4-6-21(16)5-3-18-15/h3-6,11-13H,1-2,7-10H2,(H,20,25)(H,23,24). The second kappa shape index (κ2) is 6.44. The molecular weight excluding hydrogens is 322 g/mol. The molecule has 2 heterocycles. The molecule has 0 bridgehead atoms. The fourth-order valence-corrected chi connectivity index (χ4v) is 3.42. The van der Waals surface area contributed by atoms with Crippen molar-refractivity contribution >= 4 is 17.5 Å². The van der Waals surface area contributed by atoms with Crippen molar-refractivity contribution in [2.24, 2.45) is 5.92 Å². The minimum absolute atomic E-state index is 0.0602. The number of nitrogens with zero attached hydrogens (tertiary/aromatic N) is 4. The number of imidazole rings is 1. The van der Waals surface area contributed by atoms with Crippen LogP contribution in [0.25, 0.3) is 5.65 Å². The van der Waals surface area contributed by atoms with Gasteiger partial charge in [-0.25, -0.2) is 9.97 Å². The molecule has 0 atom stereocenters. The quantitative estimate of drug-likeness (QED) is 0.771. The van der Waals surface area contributed by atoms with E-state index in [0.29, 0.717) is 17.3 Å². The van der Waals surface area contributed by atoms with E-state index in [-0.39, 0.29) is 24.5 Å². The largest absolute Gasteiger partial charge is 0.480 e. The summed E-state index contributed by atoms with van der Waals surface area (Å²) in [6.45, 7) is 0.934. The van der Waals surface area contributed by atoms with E-state index < -0.39 is 5.97 Å². The van der Waals surface area contributed by atoms with Gasteiger partial charge in [0.15, 0.2) is 11.3 Å². The van der Waals surface area contributed by atoms with Gasteiger partial charge >= 0.3 is 5.97 Å². The molecule has 0 aromatic carbocycles. The Balaban J connectivity index is 1.34. The summed E-state index contributed by atoms with van der Waals surface area (Å²) < 4.78 is 1.76. The third kappa shape index (κ3) is 3.48. The molecular formula is C17H21N5O3. The lowest BCUT2D eigenvalue weighted by Crippen LogP contribution is -2.55. The number of fused-ring (bicyclic) bond motifs is 1. The molecule has 25 heavy (non-hydrogen) atoms. The molecule has 132 valence electrons. The maximum Gasteiger partial charge on any atom is 0.317 e. The van der Waals surface area contributed by atoms with Crippen LogP contribution in [0.3, 0.4) is 0 Å². The molecule has 8 nitrogen and oxygen atoms in total. The van der Waals surface area contributed by atoms with Crippen LogP contribution in [-0.2, 0) is 4.79 Å². The van der Waals surface area contributed by atoms with Crippen LogP contribution >= 0.6 is 0 Å². The summed E-state index contributed by atoms with van der Waals surface area (Å²) in [4.78, 5) is 33.9. The summed E-state index contributed by atoms with van der Waals surface area (Å²) in [5.41, 5.74) is 0.855. The van der Waals surface area contributed by atoms with Crippen molar-refractivity contribution in [3.63, 3.8) is 0 Å². The lowest BCUT2D eigenvalue weighted by molar-refractivity contribution is -0.139. The van der Waals surface area contributed by atoms with Gasteiger partial charge < -0.3 is 14.8 Å². The average molecular weight is 343 g/mol. The van der Waals surface area contributed by atoms with Crippen LogP contribution in [0.15, 0.2) is 24.8 Å². The fraction of sp³-hybridized carbons (Fsp3) is 0.529. The number of aromatic nitrogens is 3. The molecule has 2 aliphatic carbocycles. The molecule has 0 unspecified atom stereocenters. The van der Waals surface area contributed by atoms with Crippen LogP contribution < -0.4 is 5.32 Å². The SMILES string of the molecule is O=C(O)CN(CC1CC1)C1CC(NC(=O)c2nccn3ccnc23)C1. The smallest absolute Gasteiger partial charge is 0.317 e. The van der Waals surface area contributed by atoms with Gasteiger partial charge in [-0.2, -0.15) is 0 Å². The van der Waals surface area contributed by atoms with Gasteiger partial charge in [-0.15, -0.1) is 0 Å². The molecule has 2 fully saturated rings. The van der Waals surface area contributed by atoms with Crippen LogP contribution in [0.4, 0.5) is 0 Å². The number of nitrogens with one attached hydrogen (secondary N) is 1. The first-order chi connectivity index (χ1) is 12.1. The van der Waals surface area contributed by atoms with Gasteiger partial charge in [0.05, 0.1) is 6.54 Å². The van der Waals surface area contributed by atoms with Crippen molar-refractivity contribution in [3.05, 3.63) is 30.5 Å². The zero-order chi connectivity index (χ0) is 17.4. The summed E-state index contributed by atoms with van der Waals surface area (Å²) in [6.07, 6.45) is 10.7. The Bertz CT molecular complexity index is 794. The number of aliphatic carboxylic acids is 1. The van der Waals surface area contributed by atoms with Crippen LogP contribution in [0, 0.1) is 5.92 Å². The Morgan fingerprint density at radius 2 is 1.96 bits per heavy atom. The lowest BCUT2D eigenvalue weighted by Gasteiger charge is -2.42. The van der Waals surface area contributed by atoms with Gasteiger partial charge in [0.1, 0.15) is 0 Å². The third-order valence-electron chi connectivity index (χ3n) is 5.02.